The summed E-state index contributed by atoms with van der Waals surface area (Å²) in [7, 11) is 0. The van der Waals surface area contributed by atoms with Crippen molar-refractivity contribution in [1.29, 1.82) is 0 Å². The van der Waals surface area contributed by atoms with Crippen LogP contribution >= 0.6 is 11.6 Å². The van der Waals surface area contributed by atoms with E-state index in [1.807, 2.05) is 25.1 Å². The monoisotopic (exact) mass is 222 g/mol. The van der Waals surface area contributed by atoms with Crippen molar-refractivity contribution in [2.45, 2.75) is 13.5 Å². The summed E-state index contributed by atoms with van der Waals surface area (Å²) >= 11 is 5.88. The van der Waals surface area contributed by atoms with E-state index in [1.165, 1.54) is 0 Å². The fraction of sp³-hybridized carbons (Fsp3) is 0.182. The molecule has 2 rings (SSSR count). The molecule has 0 radical (unpaired) electrons. The Morgan fingerprint density at radius 3 is 2.80 bits per heavy atom. The Morgan fingerprint density at radius 2 is 2.20 bits per heavy atom. The topological polar surface area (TPSA) is 37.8 Å². The molecule has 1 aromatic heterocycles. The normalized spacial score (nSPS) is 10.5. The molecule has 0 bridgehead atoms. The summed E-state index contributed by atoms with van der Waals surface area (Å²) in [5, 5.41) is 3.68. The van der Waals surface area contributed by atoms with Crippen molar-refractivity contribution in [2.75, 3.05) is 0 Å². The van der Waals surface area contributed by atoms with Gasteiger partial charge in [0.2, 0.25) is 0 Å². The minimum absolute atomic E-state index is 0.0209. The number of halogens is 1. The fourth-order valence-corrected chi connectivity index (χ4v) is 1.66. The number of rotatable bonds is 2. The predicted octanol–water partition coefficient (Wildman–Crippen LogP) is 2.52. The first-order valence-electron chi connectivity index (χ1n) is 4.76. The molecule has 0 aliphatic heterocycles. The Hall–Kier alpha value is -1.48. The highest BCUT2D eigenvalue weighted by atomic mass is 35.5. The SMILES string of the molecule is CCn1[nH]c(-c2cccc(Cl)c2)cc1=O. The molecular weight excluding hydrogens is 212 g/mol. The molecule has 1 heterocycles. The van der Waals surface area contributed by atoms with Crippen LogP contribution in [0.1, 0.15) is 6.92 Å². The van der Waals surface area contributed by atoms with Crippen LogP contribution in [0.25, 0.3) is 11.3 Å². The first kappa shape index (κ1) is 10.1. The summed E-state index contributed by atoms with van der Waals surface area (Å²) in [4.78, 5) is 11.4. The lowest BCUT2D eigenvalue weighted by molar-refractivity contribution is 0.640. The second-order valence-corrected chi connectivity index (χ2v) is 3.70. The van der Waals surface area contributed by atoms with Crippen LogP contribution in [-0.2, 0) is 6.54 Å². The molecule has 3 nitrogen and oxygen atoms in total. The highest BCUT2D eigenvalue weighted by Crippen LogP contribution is 2.19. The quantitative estimate of drug-likeness (QED) is 0.833. The van der Waals surface area contributed by atoms with Crippen LogP contribution < -0.4 is 5.56 Å². The third-order valence-corrected chi connectivity index (χ3v) is 2.48. The third-order valence-electron chi connectivity index (χ3n) is 2.24. The first-order valence-corrected chi connectivity index (χ1v) is 5.14. The predicted molar refractivity (Wildman–Crippen MR) is 61.2 cm³/mol. The van der Waals surface area contributed by atoms with Crippen molar-refractivity contribution in [1.82, 2.24) is 9.78 Å². The number of nitrogens with zero attached hydrogens (tertiary/aromatic N) is 1. The van der Waals surface area contributed by atoms with Crippen LogP contribution in [0.5, 0.6) is 0 Å². The lowest BCUT2D eigenvalue weighted by Crippen LogP contribution is -2.13. The van der Waals surface area contributed by atoms with E-state index in [2.05, 4.69) is 5.10 Å². The molecular formula is C11H11ClN2O. The fourth-order valence-electron chi connectivity index (χ4n) is 1.47. The lowest BCUT2D eigenvalue weighted by Gasteiger charge is -1.98. The number of aryl methyl sites for hydroxylation is 1. The third kappa shape index (κ3) is 1.97. The maximum absolute atomic E-state index is 11.4. The minimum atomic E-state index is -0.0209. The van der Waals surface area contributed by atoms with Crippen LogP contribution in [0.4, 0.5) is 0 Å². The molecule has 0 atom stereocenters. The second kappa shape index (κ2) is 3.95. The Morgan fingerprint density at radius 1 is 1.40 bits per heavy atom. The Bertz CT molecular complexity index is 527. The van der Waals surface area contributed by atoms with E-state index >= 15 is 0 Å². The molecule has 1 aromatic carbocycles. The van der Waals surface area contributed by atoms with E-state index in [0.29, 0.717) is 11.6 Å². The van der Waals surface area contributed by atoms with E-state index in [1.54, 1.807) is 16.8 Å². The van der Waals surface area contributed by atoms with Crippen LogP contribution in [0, 0.1) is 0 Å². The zero-order valence-corrected chi connectivity index (χ0v) is 9.08. The minimum Gasteiger partial charge on any atom is -0.295 e. The molecule has 0 amide bonds. The van der Waals surface area contributed by atoms with Crippen molar-refractivity contribution >= 4 is 11.6 Å². The molecule has 15 heavy (non-hydrogen) atoms. The van der Waals surface area contributed by atoms with E-state index in [4.69, 9.17) is 11.6 Å². The average molecular weight is 223 g/mol. The van der Waals surface area contributed by atoms with Crippen molar-refractivity contribution < 1.29 is 0 Å². The Labute approximate surface area is 92.3 Å². The van der Waals surface area contributed by atoms with Crippen LogP contribution in [0.2, 0.25) is 5.02 Å². The van der Waals surface area contributed by atoms with Gasteiger partial charge in [-0.1, -0.05) is 23.7 Å². The number of aromatic nitrogens is 2. The molecule has 0 aliphatic rings. The summed E-state index contributed by atoms with van der Waals surface area (Å²) in [6.45, 7) is 2.55. The molecule has 0 saturated carbocycles. The Balaban J connectivity index is 2.50. The number of hydrogen-bond acceptors (Lipinski definition) is 1. The maximum Gasteiger partial charge on any atom is 0.267 e. The smallest absolute Gasteiger partial charge is 0.267 e. The van der Waals surface area contributed by atoms with E-state index in [-0.39, 0.29) is 5.56 Å². The van der Waals surface area contributed by atoms with Crippen molar-refractivity contribution in [3.05, 3.63) is 45.7 Å². The Kier molecular flexibility index (Phi) is 2.64. The number of nitrogens with one attached hydrogen (secondary N) is 1. The molecule has 0 unspecified atom stereocenters. The second-order valence-electron chi connectivity index (χ2n) is 3.26. The summed E-state index contributed by atoms with van der Waals surface area (Å²) in [5.74, 6) is 0. The number of hydrogen-bond donors (Lipinski definition) is 1. The van der Waals surface area contributed by atoms with Gasteiger partial charge in [0.05, 0.1) is 5.69 Å². The zero-order chi connectivity index (χ0) is 10.8. The summed E-state index contributed by atoms with van der Waals surface area (Å²) < 4.78 is 1.55. The molecule has 0 aliphatic carbocycles. The van der Waals surface area contributed by atoms with Gasteiger partial charge in [-0.3, -0.25) is 14.6 Å². The van der Waals surface area contributed by atoms with Crippen LogP contribution in [-0.4, -0.2) is 9.78 Å². The number of aromatic amines is 1. The van der Waals surface area contributed by atoms with Gasteiger partial charge < -0.3 is 0 Å². The summed E-state index contributed by atoms with van der Waals surface area (Å²) in [6.07, 6.45) is 0. The van der Waals surface area contributed by atoms with Gasteiger partial charge >= 0.3 is 0 Å². The molecule has 0 spiro atoms. The number of H-pyrrole nitrogens is 1. The highest BCUT2D eigenvalue weighted by Gasteiger charge is 2.03. The molecule has 1 N–H and O–H groups in total. The van der Waals surface area contributed by atoms with Gasteiger partial charge in [0.1, 0.15) is 0 Å². The summed E-state index contributed by atoms with van der Waals surface area (Å²) in [5.41, 5.74) is 1.70. The van der Waals surface area contributed by atoms with Gasteiger partial charge in [0.25, 0.3) is 5.56 Å². The molecule has 4 heteroatoms. The van der Waals surface area contributed by atoms with Crippen LogP contribution in [0.3, 0.4) is 0 Å². The first-order chi connectivity index (χ1) is 7.20. The van der Waals surface area contributed by atoms with Gasteiger partial charge in [0.15, 0.2) is 0 Å². The maximum atomic E-state index is 11.4. The molecule has 2 aromatic rings. The molecule has 0 saturated heterocycles. The van der Waals surface area contributed by atoms with Crippen molar-refractivity contribution in [3.8, 4) is 11.3 Å². The van der Waals surface area contributed by atoms with E-state index < -0.39 is 0 Å². The largest absolute Gasteiger partial charge is 0.295 e. The van der Waals surface area contributed by atoms with E-state index in [0.717, 1.165) is 11.3 Å². The molecule has 0 fully saturated rings. The summed E-state index contributed by atoms with van der Waals surface area (Å²) in [6, 6.07) is 8.98. The van der Waals surface area contributed by atoms with Gasteiger partial charge in [-0.05, 0) is 19.1 Å². The molecule has 78 valence electrons. The van der Waals surface area contributed by atoms with Crippen LogP contribution in [0.15, 0.2) is 35.1 Å². The average Bonchev–Trinajstić information content (AvgIpc) is 2.60. The van der Waals surface area contributed by atoms with E-state index in [9.17, 15) is 4.79 Å². The standard InChI is InChI=1S/C11H11ClN2O/c1-2-14-11(15)7-10(13-14)8-4-3-5-9(12)6-8/h3-7,13H,2H2,1H3. The van der Waals surface area contributed by atoms with Gasteiger partial charge in [-0.25, -0.2) is 0 Å². The van der Waals surface area contributed by atoms with Crippen molar-refractivity contribution in [2.24, 2.45) is 0 Å². The highest BCUT2D eigenvalue weighted by molar-refractivity contribution is 6.30. The lowest BCUT2D eigenvalue weighted by atomic mass is 10.2. The zero-order valence-electron chi connectivity index (χ0n) is 8.33. The van der Waals surface area contributed by atoms with Gasteiger partial charge in [-0.2, -0.15) is 0 Å². The van der Waals surface area contributed by atoms with Crippen molar-refractivity contribution in [3.63, 3.8) is 0 Å². The van der Waals surface area contributed by atoms with Gasteiger partial charge in [0, 0.05) is 23.2 Å². The van der Waals surface area contributed by atoms with Gasteiger partial charge in [-0.15, -0.1) is 0 Å². The number of benzene rings is 1.